The van der Waals surface area contributed by atoms with Gasteiger partial charge in [0.15, 0.2) is 0 Å². The van der Waals surface area contributed by atoms with E-state index in [0.717, 1.165) is 19.1 Å². The molecule has 14 heavy (non-hydrogen) atoms. The molecule has 0 radical (unpaired) electrons. The minimum absolute atomic E-state index is 0.668. The molecule has 0 aliphatic heterocycles. The zero-order valence-electron chi connectivity index (χ0n) is 8.95. The molecule has 0 fully saturated rings. The third-order valence-electron chi connectivity index (χ3n) is 2.61. The van der Waals surface area contributed by atoms with Gasteiger partial charge in [-0.05, 0) is 31.4 Å². The highest BCUT2D eigenvalue weighted by molar-refractivity contribution is 8.02. The van der Waals surface area contributed by atoms with E-state index in [4.69, 9.17) is 0 Å². The van der Waals surface area contributed by atoms with Crippen LogP contribution in [0.15, 0.2) is 22.6 Å². The molecule has 0 saturated heterocycles. The smallest absolute Gasteiger partial charge is 0.120 e. The monoisotopic (exact) mass is 210 g/mol. The van der Waals surface area contributed by atoms with Crippen molar-refractivity contribution in [1.82, 2.24) is 0 Å². The molecule has 0 spiro atoms. The van der Waals surface area contributed by atoms with Crippen LogP contribution in [0.4, 0.5) is 0 Å². The molecule has 2 heteroatoms. The summed E-state index contributed by atoms with van der Waals surface area (Å²) in [7, 11) is 0. The van der Waals surface area contributed by atoms with Crippen LogP contribution in [0.1, 0.15) is 32.6 Å². The van der Waals surface area contributed by atoms with E-state index in [2.05, 4.69) is 25.3 Å². The third-order valence-corrected chi connectivity index (χ3v) is 3.47. The summed E-state index contributed by atoms with van der Waals surface area (Å²) in [6.45, 7) is 2.25. The second-order valence-corrected chi connectivity index (χ2v) is 4.60. The molecule has 0 N–H and O–H groups in total. The van der Waals surface area contributed by atoms with Gasteiger partial charge in [-0.25, -0.2) is 0 Å². The number of hydrogen-bond donors (Lipinski definition) is 0. The highest BCUT2D eigenvalue weighted by atomic mass is 32.2. The van der Waals surface area contributed by atoms with E-state index in [1.807, 2.05) is 0 Å². The lowest BCUT2D eigenvalue weighted by atomic mass is 10.0. The lowest BCUT2D eigenvalue weighted by Gasteiger charge is -2.08. The number of aldehydes is 1. The average molecular weight is 210 g/mol. The largest absolute Gasteiger partial charge is 0.303 e. The normalized spacial score (nSPS) is 22.3. The van der Waals surface area contributed by atoms with Gasteiger partial charge in [-0.3, -0.25) is 0 Å². The van der Waals surface area contributed by atoms with Gasteiger partial charge in [0.05, 0.1) is 0 Å². The summed E-state index contributed by atoms with van der Waals surface area (Å²) in [5, 5.41) is 0. The molecule has 1 aliphatic carbocycles. The Kier molecular flexibility index (Phi) is 5.02. The molecule has 0 aromatic carbocycles. The van der Waals surface area contributed by atoms with Crippen LogP contribution in [-0.4, -0.2) is 12.5 Å². The Labute approximate surface area is 90.7 Å². The molecule has 0 saturated carbocycles. The molecule has 1 rings (SSSR count). The Hall–Kier alpha value is -0.500. The van der Waals surface area contributed by atoms with Crippen molar-refractivity contribution in [3.8, 4) is 0 Å². The molecule has 0 aromatic rings. The summed E-state index contributed by atoms with van der Waals surface area (Å²) in [5.41, 5.74) is 1.46. The highest BCUT2D eigenvalue weighted by Crippen LogP contribution is 2.30. The lowest BCUT2D eigenvalue weighted by Crippen LogP contribution is -1.91. The second kappa shape index (κ2) is 6.07. The maximum Gasteiger partial charge on any atom is 0.120 e. The van der Waals surface area contributed by atoms with Crippen molar-refractivity contribution in [2.45, 2.75) is 32.6 Å². The number of thioether (sulfide) groups is 1. The van der Waals surface area contributed by atoms with Crippen LogP contribution in [0, 0.1) is 5.92 Å². The van der Waals surface area contributed by atoms with Crippen molar-refractivity contribution in [2.75, 3.05) is 6.26 Å². The van der Waals surface area contributed by atoms with Gasteiger partial charge in [-0.15, -0.1) is 11.8 Å². The Bertz CT molecular complexity index is 253. The van der Waals surface area contributed by atoms with E-state index in [1.54, 1.807) is 11.8 Å². The zero-order chi connectivity index (χ0) is 10.4. The molecular formula is C12H18OS. The topological polar surface area (TPSA) is 17.1 Å². The Morgan fingerprint density at radius 1 is 1.64 bits per heavy atom. The third kappa shape index (κ3) is 3.33. The highest BCUT2D eigenvalue weighted by Gasteiger charge is 2.09. The van der Waals surface area contributed by atoms with Gasteiger partial charge in [0.1, 0.15) is 6.29 Å². The number of carbonyl (C=O) groups is 1. The van der Waals surface area contributed by atoms with Crippen molar-refractivity contribution in [3.05, 3.63) is 22.6 Å². The first-order valence-corrected chi connectivity index (χ1v) is 6.38. The summed E-state index contributed by atoms with van der Waals surface area (Å²) in [6.07, 6.45) is 11.6. The van der Waals surface area contributed by atoms with E-state index in [1.165, 1.54) is 16.9 Å². The maximum absolute atomic E-state index is 10.3. The van der Waals surface area contributed by atoms with E-state index in [-0.39, 0.29) is 0 Å². The Balaban J connectivity index is 2.71. The molecule has 0 amide bonds. The van der Waals surface area contributed by atoms with Crippen molar-refractivity contribution in [3.63, 3.8) is 0 Å². The van der Waals surface area contributed by atoms with Crippen LogP contribution in [0.2, 0.25) is 0 Å². The minimum Gasteiger partial charge on any atom is -0.303 e. The molecular weight excluding hydrogens is 192 g/mol. The maximum atomic E-state index is 10.3. The number of carbonyl (C=O) groups excluding carboxylic acids is 1. The van der Waals surface area contributed by atoms with Crippen molar-refractivity contribution in [2.24, 2.45) is 5.92 Å². The van der Waals surface area contributed by atoms with E-state index in [9.17, 15) is 4.79 Å². The molecule has 1 unspecified atom stereocenters. The molecule has 0 bridgehead atoms. The Morgan fingerprint density at radius 2 is 2.43 bits per heavy atom. The lowest BCUT2D eigenvalue weighted by molar-refractivity contribution is -0.107. The van der Waals surface area contributed by atoms with Gasteiger partial charge in [0.2, 0.25) is 0 Å². The Morgan fingerprint density at radius 3 is 3.07 bits per heavy atom. The van der Waals surface area contributed by atoms with Gasteiger partial charge in [-0.1, -0.05) is 24.6 Å². The first-order chi connectivity index (χ1) is 6.77. The van der Waals surface area contributed by atoms with Crippen LogP contribution in [0.25, 0.3) is 0 Å². The zero-order valence-corrected chi connectivity index (χ0v) is 9.77. The number of hydrogen-bond acceptors (Lipinski definition) is 2. The number of rotatable bonds is 4. The van der Waals surface area contributed by atoms with Gasteiger partial charge in [-0.2, -0.15) is 0 Å². The first-order valence-electron chi connectivity index (χ1n) is 5.15. The van der Waals surface area contributed by atoms with E-state index in [0.29, 0.717) is 12.3 Å². The summed E-state index contributed by atoms with van der Waals surface area (Å²) < 4.78 is 0. The van der Waals surface area contributed by atoms with Crippen molar-refractivity contribution >= 4 is 18.0 Å². The molecule has 1 atom stereocenters. The molecule has 1 aliphatic rings. The second-order valence-electron chi connectivity index (χ2n) is 3.75. The fourth-order valence-corrected chi connectivity index (χ4v) is 2.39. The van der Waals surface area contributed by atoms with E-state index >= 15 is 0 Å². The van der Waals surface area contributed by atoms with Crippen LogP contribution in [0.5, 0.6) is 0 Å². The first kappa shape index (κ1) is 11.6. The van der Waals surface area contributed by atoms with Gasteiger partial charge >= 0.3 is 0 Å². The summed E-state index contributed by atoms with van der Waals surface area (Å²) in [6, 6.07) is 0. The van der Waals surface area contributed by atoms with Gasteiger partial charge < -0.3 is 4.79 Å². The van der Waals surface area contributed by atoms with Crippen LogP contribution in [-0.2, 0) is 4.79 Å². The molecule has 0 heterocycles. The fraction of sp³-hybridized carbons (Fsp3) is 0.583. The molecule has 78 valence electrons. The summed E-state index contributed by atoms with van der Waals surface area (Å²) in [4.78, 5) is 11.7. The fourth-order valence-electron chi connectivity index (χ4n) is 1.68. The van der Waals surface area contributed by atoms with Crippen LogP contribution >= 0.6 is 11.8 Å². The van der Waals surface area contributed by atoms with Crippen molar-refractivity contribution < 1.29 is 4.79 Å². The minimum atomic E-state index is 0.668. The molecule has 0 aromatic heterocycles. The standard InChI is InChI=1S/C12H18OS/c1-10-5-7-11(4-3-9-13)12(14-2)8-6-10/h6,8-10H,3-5,7H2,1-2H3. The number of allylic oxidation sites excluding steroid dienone is 3. The predicted octanol–water partition coefficient (Wildman–Crippen LogP) is 3.57. The van der Waals surface area contributed by atoms with Crippen molar-refractivity contribution in [1.29, 1.82) is 0 Å². The molecule has 1 nitrogen and oxygen atoms in total. The average Bonchev–Trinajstić information content (AvgIpc) is 2.37. The summed E-state index contributed by atoms with van der Waals surface area (Å²) in [5.74, 6) is 0.672. The summed E-state index contributed by atoms with van der Waals surface area (Å²) >= 11 is 1.80. The van der Waals surface area contributed by atoms with E-state index < -0.39 is 0 Å². The SMILES string of the molecule is CSC1=C(CCC=O)CCC(C)C=C1. The van der Waals surface area contributed by atoms with Crippen LogP contribution < -0.4 is 0 Å². The quantitative estimate of drug-likeness (QED) is 0.660. The van der Waals surface area contributed by atoms with Gasteiger partial charge in [0.25, 0.3) is 0 Å². The van der Waals surface area contributed by atoms with Crippen LogP contribution in [0.3, 0.4) is 0 Å². The predicted molar refractivity (Wildman–Crippen MR) is 63.4 cm³/mol. The van der Waals surface area contributed by atoms with Gasteiger partial charge in [0, 0.05) is 11.3 Å².